The van der Waals surface area contributed by atoms with Crippen molar-refractivity contribution >= 4 is 17.6 Å². The monoisotopic (exact) mass is 326 g/mol. The standard InChI is InChI=1S/C19H22N2O3/c1-3-4-5-7-14-10-12-15(13-11-14)20-18(22)16-8-6-9-17(21-16)19(23)24-2/h6,8-13H,3-5,7H2,1-2H3,(H,20,22). The number of amides is 1. The van der Waals surface area contributed by atoms with E-state index in [1.165, 1.54) is 38.0 Å². The zero-order valence-electron chi connectivity index (χ0n) is 14.0. The zero-order chi connectivity index (χ0) is 17.4. The minimum atomic E-state index is -0.568. The first-order chi connectivity index (χ1) is 11.6. The smallest absolute Gasteiger partial charge is 0.356 e. The summed E-state index contributed by atoms with van der Waals surface area (Å²) >= 11 is 0. The van der Waals surface area contributed by atoms with Gasteiger partial charge in [-0.15, -0.1) is 0 Å². The van der Waals surface area contributed by atoms with E-state index in [1.807, 2.05) is 24.3 Å². The van der Waals surface area contributed by atoms with Gasteiger partial charge in [-0.1, -0.05) is 38.0 Å². The molecule has 0 atom stereocenters. The second-order valence-electron chi connectivity index (χ2n) is 5.51. The Labute approximate surface area is 142 Å². The fourth-order valence-electron chi connectivity index (χ4n) is 2.31. The number of ether oxygens (including phenoxy) is 1. The first-order valence-corrected chi connectivity index (χ1v) is 8.09. The van der Waals surface area contributed by atoms with Crippen LogP contribution < -0.4 is 5.32 Å². The van der Waals surface area contributed by atoms with Crippen LogP contribution in [0.1, 0.15) is 52.7 Å². The highest BCUT2D eigenvalue weighted by atomic mass is 16.5. The molecule has 0 spiro atoms. The lowest BCUT2D eigenvalue weighted by molar-refractivity contribution is 0.0594. The highest BCUT2D eigenvalue weighted by Crippen LogP contribution is 2.13. The van der Waals surface area contributed by atoms with Crippen molar-refractivity contribution in [3.8, 4) is 0 Å². The number of hydrogen-bond acceptors (Lipinski definition) is 4. The van der Waals surface area contributed by atoms with Crippen LogP contribution in [0.15, 0.2) is 42.5 Å². The third kappa shape index (κ3) is 4.91. The molecular formula is C19H22N2O3. The summed E-state index contributed by atoms with van der Waals surface area (Å²) in [5.41, 5.74) is 2.23. The van der Waals surface area contributed by atoms with Gasteiger partial charge >= 0.3 is 5.97 Å². The maximum absolute atomic E-state index is 12.2. The Bertz CT molecular complexity index is 696. The van der Waals surface area contributed by atoms with Crippen LogP contribution in [0.4, 0.5) is 5.69 Å². The van der Waals surface area contributed by atoms with Crippen molar-refractivity contribution < 1.29 is 14.3 Å². The lowest BCUT2D eigenvalue weighted by Gasteiger charge is -2.07. The van der Waals surface area contributed by atoms with Crippen molar-refractivity contribution in [1.82, 2.24) is 4.98 Å². The molecule has 0 aliphatic heterocycles. The van der Waals surface area contributed by atoms with Gasteiger partial charge in [0.05, 0.1) is 7.11 Å². The van der Waals surface area contributed by atoms with E-state index in [1.54, 1.807) is 12.1 Å². The van der Waals surface area contributed by atoms with Crippen molar-refractivity contribution in [2.45, 2.75) is 32.6 Å². The number of methoxy groups -OCH3 is 1. The van der Waals surface area contributed by atoms with Gasteiger partial charge in [0, 0.05) is 5.69 Å². The van der Waals surface area contributed by atoms with Crippen molar-refractivity contribution in [3.63, 3.8) is 0 Å². The number of unbranched alkanes of at least 4 members (excludes halogenated alkanes) is 2. The third-order valence-electron chi connectivity index (χ3n) is 3.66. The van der Waals surface area contributed by atoms with E-state index in [0.717, 1.165) is 6.42 Å². The molecule has 1 amide bonds. The molecule has 1 aromatic heterocycles. The molecule has 2 rings (SSSR count). The molecule has 0 radical (unpaired) electrons. The fraction of sp³-hybridized carbons (Fsp3) is 0.316. The Morgan fingerprint density at radius 3 is 2.42 bits per heavy atom. The van der Waals surface area contributed by atoms with E-state index in [-0.39, 0.29) is 17.3 Å². The molecular weight excluding hydrogens is 304 g/mol. The summed E-state index contributed by atoms with van der Waals surface area (Å²) < 4.78 is 4.61. The number of benzene rings is 1. The number of aryl methyl sites for hydroxylation is 1. The molecule has 0 aliphatic carbocycles. The lowest BCUT2D eigenvalue weighted by atomic mass is 10.1. The number of anilines is 1. The Kier molecular flexibility index (Phi) is 6.49. The van der Waals surface area contributed by atoms with Crippen molar-refractivity contribution in [3.05, 3.63) is 59.4 Å². The van der Waals surface area contributed by atoms with Crippen molar-refractivity contribution in [1.29, 1.82) is 0 Å². The number of carbonyl (C=O) groups excluding carboxylic acids is 2. The number of aromatic nitrogens is 1. The van der Waals surface area contributed by atoms with E-state index >= 15 is 0 Å². The first-order valence-electron chi connectivity index (χ1n) is 8.09. The van der Waals surface area contributed by atoms with E-state index in [2.05, 4.69) is 22.0 Å². The van der Waals surface area contributed by atoms with Crippen LogP contribution in [0.2, 0.25) is 0 Å². The maximum atomic E-state index is 12.2. The van der Waals surface area contributed by atoms with E-state index in [4.69, 9.17) is 0 Å². The number of pyridine rings is 1. The summed E-state index contributed by atoms with van der Waals surface area (Å²) in [6.45, 7) is 2.18. The second kappa shape index (κ2) is 8.82. The summed E-state index contributed by atoms with van der Waals surface area (Å²) in [6.07, 6.45) is 4.64. The van der Waals surface area contributed by atoms with E-state index in [9.17, 15) is 9.59 Å². The molecule has 2 aromatic rings. The van der Waals surface area contributed by atoms with Gasteiger partial charge in [0.2, 0.25) is 0 Å². The minimum Gasteiger partial charge on any atom is -0.464 e. The van der Waals surface area contributed by atoms with Gasteiger partial charge in [-0.3, -0.25) is 4.79 Å². The van der Waals surface area contributed by atoms with Crippen LogP contribution in [-0.2, 0) is 11.2 Å². The quantitative estimate of drug-likeness (QED) is 0.620. The number of hydrogen-bond donors (Lipinski definition) is 1. The molecule has 5 heteroatoms. The summed E-state index contributed by atoms with van der Waals surface area (Å²) in [7, 11) is 1.28. The van der Waals surface area contributed by atoms with Gasteiger partial charge < -0.3 is 10.1 Å². The van der Waals surface area contributed by atoms with Crippen LogP contribution in [0.5, 0.6) is 0 Å². The van der Waals surface area contributed by atoms with Crippen molar-refractivity contribution in [2.75, 3.05) is 12.4 Å². The van der Waals surface area contributed by atoms with E-state index in [0.29, 0.717) is 5.69 Å². The predicted molar refractivity (Wildman–Crippen MR) is 93.2 cm³/mol. The normalized spacial score (nSPS) is 10.2. The number of nitrogens with one attached hydrogen (secondary N) is 1. The van der Waals surface area contributed by atoms with Crippen LogP contribution in [0, 0.1) is 0 Å². The molecule has 126 valence electrons. The molecule has 0 fully saturated rings. The fourth-order valence-corrected chi connectivity index (χ4v) is 2.31. The number of esters is 1. The summed E-state index contributed by atoms with van der Waals surface area (Å²) in [6, 6.07) is 12.5. The molecule has 24 heavy (non-hydrogen) atoms. The van der Waals surface area contributed by atoms with Gasteiger partial charge in [-0.05, 0) is 42.7 Å². The molecule has 0 aliphatic rings. The van der Waals surface area contributed by atoms with Gasteiger partial charge in [-0.25, -0.2) is 9.78 Å². The molecule has 0 saturated carbocycles. The van der Waals surface area contributed by atoms with Crippen LogP contribution >= 0.6 is 0 Å². The highest BCUT2D eigenvalue weighted by Gasteiger charge is 2.12. The lowest BCUT2D eigenvalue weighted by Crippen LogP contribution is -2.16. The van der Waals surface area contributed by atoms with Gasteiger partial charge in [0.1, 0.15) is 11.4 Å². The summed E-state index contributed by atoms with van der Waals surface area (Å²) in [4.78, 5) is 27.7. The highest BCUT2D eigenvalue weighted by molar-refractivity contribution is 6.03. The molecule has 1 N–H and O–H groups in total. The SMILES string of the molecule is CCCCCc1ccc(NC(=O)c2cccc(C(=O)OC)n2)cc1. The maximum Gasteiger partial charge on any atom is 0.356 e. The Hall–Kier alpha value is -2.69. The largest absolute Gasteiger partial charge is 0.464 e. The number of nitrogens with zero attached hydrogens (tertiary/aromatic N) is 1. The molecule has 0 bridgehead atoms. The van der Waals surface area contributed by atoms with Gasteiger partial charge in [0.25, 0.3) is 5.91 Å². The number of carbonyl (C=O) groups is 2. The van der Waals surface area contributed by atoms with E-state index < -0.39 is 5.97 Å². The average molecular weight is 326 g/mol. The summed E-state index contributed by atoms with van der Waals surface area (Å²) in [5.74, 6) is -0.930. The Balaban J connectivity index is 2.00. The third-order valence-corrected chi connectivity index (χ3v) is 3.66. The average Bonchev–Trinajstić information content (AvgIpc) is 2.62. The van der Waals surface area contributed by atoms with Crippen molar-refractivity contribution in [2.24, 2.45) is 0 Å². The molecule has 0 saturated heterocycles. The topological polar surface area (TPSA) is 68.3 Å². The molecule has 0 unspecified atom stereocenters. The van der Waals surface area contributed by atoms with Crippen LogP contribution in [0.3, 0.4) is 0 Å². The predicted octanol–water partition coefficient (Wildman–Crippen LogP) is 3.85. The minimum absolute atomic E-state index is 0.108. The Morgan fingerprint density at radius 2 is 1.75 bits per heavy atom. The molecule has 1 aromatic carbocycles. The van der Waals surface area contributed by atoms with Gasteiger partial charge in [0.15, 0.2) is 0 Å². The van der Waals surface area contributed by atoms with Crippen LogP contribution in [-0.4, -0.2) is 24.0 Å². The van der Waals surface area contributed by atoms with Crippen LogP contribution in [0.25, 0.3) is 0 Å². The Morgan fingerprint density at radius 1 is 1.04 bits per heavy atom. The molecule has 5 nitrogen and oxygen atoms in total. The van der Waals surface area contributed by atoms with Gasteiger partial charge in [-0.2, -0.15) is 0 Å². The zero-order valence-corrected chi connectivity index (χ0v) is 14.0. The molecule has 1 heterocycles. The second-order valence-corrected chi connectivity index (χ2v) is 5.51. The first kappa shape index (κ1) is 17.7. The number of rotatable bonds is 7. The summed E-state index contributed by atoms with van der Waals surface area (Å²) in [5, 5.41) is 2.78.